The highest BCUT2D eigenvalue weighted by molar-refractivity contribution is 7.47. The van der Waals surface area contributed by atoms with E-state index in [4.69, 9.17) is 37.0 Å². The molecular weight excluding hydrogens is 1170 g/mol. The summed E-state index contributed by atoms with van der Waals surface area (Å²) in [6.45, 7) is 9.45. The molecule has 0 fully saturated rings. The molecule has 19 heteroatoms. The van der Waals surface area contributed by atoms with Crippen LogP contribution >= 0.6 is 15.6 Å². The van der Waals surface area contributed by atoms with Gasteiger partial charge in [0.25, 0.3) is 0 Å². The van der Waals surface area contributed by atoms with E-state index in [2.05, 4.69) is 41.5 Å². The Balaban J connectivity index is 5.04. The standard InChI is InChI=1S/C70H136O17P2/c1-7-10-12-38-46-52-67(72)80-58-65(86-69(74)54-48-39-13-11-8-2)60-84-88(76,77)82-56-64(71)57-83-89(78,79)85-61-66(59-81-68(73)53-47-42-36-32-28-24-21-20-23-27-31-35-41-45-51-63(6)9-3)87-70(75)55-49-43-37-33-29-25-19-17-15-14-16-18-22-26-30-34-40-44-50-62(4)5/h62-66,71H,7-61H2,1-6H3,(H,76,77)(H,78,79)/t63?,64-,65+,66+/m0/s1. The zero-order chi connectivity index (χ0) is 65.7. The molecule has 3 N–H and O–H groups in total. The zero-order valence-electron chi connectivity index (χ0n) is 57.7. The van der Waals surface area contributed by atoms with Crippen LogP contribution in [0.4, 0.5) is 0 Å². The van der Waals surface area contributed by atoms with E-state index in [-0.39, 0.29) is 25.7 Å². The van der Waals surface area contributed by atoms with Crippen LogP contribution < -0.4 is 0 Å². The number of carbonyl (C=O) groups is 4. The topological polar surface area (TPSA) is 237 Å². The number of carbonyl (C=O) groups excluding carboxylic acids is 4. The molecule has 0 saturated heterocycles. The summed E-state index contributed by atoms with van der Waals surface area (Å²) in [7, 11) is -9.88. The van der Waals surface area contributed by atoms with Gasteiger partial charge in [-0.15, -0.1) is 0 Å². The number of hydrogen-bond donors (Lipinski definition) is 3. The Kier molecular flexibility index (Phi) is 60.8. The number of hydrogen-bond acceptors (Lipinski definition) is 15. The Morgan fingerprint density at radius 3 is 0.854 bits per heavy atom. The summed E-state index contributed by atoms with van der Waals surface area (Å²) in [5, 5.41) is 10.5. The number of phosphoric acid groups is 2. The molecule has 6 atom stereocenters. The van der Waals surface area contributed by atoms with E-state index in [0.717, 1.165) is 108 Å². The second-order valence-corrected chi connectivity index (χ2v) is 28.9. The summed E-state index contributed by atoms with van der Waals surface area (Å²) in [4.78, 5) is 71.9. The second kappa shape index (κ2) is 62.2. The number of esters is 4. The third-order valence-electron chi connectivity index (χ3n) is 16.6. The van der Waals surface area contributed by atoms with E-state index in [0.29, 0.717) is 25.7 Å². The molecule has 0 aromatic heterocycles. The van der Waals surface area contributed by atoms with Crippen molar-refractivity contribution in [3.8, 4) is 0 Å². The van der Waals surface area contributed by atoms with Crippen molar-refractivity contribution < 1.29 is 80.2 Å². The van der Waals surface area contributed by atoms with E-state index in [1.54, 1.807) is 0 Å². The molecule has 0 spiro atoms. The fourth-order valence-corrected chi connectivity index (χ4v) is 12.1. The van der Waals surface area contributed by atoms with Crippen LogP contribution in [-0.4, -0.2) is 96.7 Å². The van der Waals surface area contributed by atoms with Crippen molar-refractivity contribution >= 4 is 39.5 Å². The van der Waals surface area contributed by atoms with Crippen molar-refractivity contribution in [1.29, 1.82) is 0 Å². The maximum absolute atomic E-state index is 13.0. The zero-order valence-corrected chi connectivity index (χ0v) is 59.5. The molecule has 0 aliphatic rings. The lowest BCUT2D eigenvalue weighted by atomic mass is 9.99. The smallest absolute Gasteiger partial charge is 0.462 e. The van der Waals surface area contributed by atoms with Gasteiger partial charge in [0.15, 0.2) is 12.2 Å². The van der Waals surface area contributed by atoms with Crippen molar-refractivity contribution in [3.05, 3.63) is 0 Å². The van der Waals surface area contributed by atoms with Gasteiger partial charge >= 0.3 is 39.5 Å². The highest BCUT2D eigenvalue weighted by Crippen LogP contribution is 2.45. The van der Waals surface area contributed by atoms with Gasteiger partial charge in [-0.1, -0.05) is 305 Å². The van der Waals surface area contributed by atoms with Gasteiger partial charge < -0.3 is 33.8 Å². The first kappa shape index (κ1) is 87.1. The minimum absolute atomic E-state index is 0.0989. The van der Waals surface area contributed by atoms with Gasteiger partial charge in [-0.05, 0) is 37.5 Å². The Morgan fingerprint density at radius 2 is 0.573 bits per heavy atom. The van der Waals surface area contributed by atoms with Gasteiger partial charge in [0.2, 0.25) is 0 Å². The van der Waals surface area contributed by atoms with Crippen LogP contribution in [0.1, 0.15) is 356 Å². The van der Waals surface area contributed by atoms with Crippen LogP contribution in [0.5, 0.6) is 0 Å². The number of phosphoric ester groups is 2. The molecule has 0 aliphatic heterocycles. The molecule has 0 aromatic rings. The molecule has 17 nitrogen and oxygen atoms in total. The lowest BCUT2D eigenvalue weighted by Crippen LogP contribution is -2.30. The van der Waals surface area contributed by atoms with Crippen molar-refractivity contribution in [2.24, 2.45) is 11.8 Å². The lowest BCUT2D eigenvalue weighted by Gasteiger charge is -2.21. The number of aliphatic hydroxyl groups is 1. The van der Waals surface area contributed by atoms with E-state index >= 15 is 0 Å². The number of rotatable bonds is 69. The van der Waals surface area contributed by atoms with Crippen LogP contribution in [0, 0.1) is 11.8 Å². The third-order valence-corrected chi connectivity index (χ3v) is 18.5. The van der Waals surface area contributed by atoms with E-state index < -0.39 is 97.5 Å². The molecule has 0 bridgehead atoms. The van der Waals surface area contributed by atoms with Crippen molar-refractivity contribution in [2.75, 3.05) is 39.6 Å². The molecule has 0 aliphatic carbocycles. The van der Waals surface area contributed by atoms with Gasteiger partial charge in [-0.2, -0.15) is 0 Å². The van der Waals surface area contributed by atoms with Gasteiger partial charge in [0.05, 0.1) is 26.4 Å². The Morgan fingerprint density at radius 1 is 0.326 bits per heavy atom. The van der Waals surface area contributed by atoms with E-state index in [1.807, 2.05) is 0 Å². The maximum Gasteiger partial charge on any atom is 0.472 e. The molecule has 89 heavy (non-hydrogen) atoms. The predicted octanol–water partition coefficient (Wildman–Crippen LogP) is 20.0. The molecule has 0 radical (unpaired) electrons. The SMILES string of the molecule is CCCCCCCC(=O)OC[C@H](COP(=O)(O)OC[C@H](O)COP(=O)(O)OC[C@@H](COC(=O)CCCCCCCCCCCCCCCCC(C)CC)OC(=O)CCCCCCCCCCCCCCCCCCCCC(C)C)OC(=O)CCCCCCC. The summed E-state index contributed by atoms with van der Waals surface area (Å²) >= 11 is 0. The van der Waals surface area contributed by atoms with E-state index in [9.17, 15) is 43.2 Å². The third kappa shape index (κ3) is 63.2. The number of unbranched alkanes of at least 4 members (excludes halogenated alkanes) is 38. The van der Waals surface area contributed by atoms with Crippen molar-refractivity contribution in [3.63, 3.8) is 0 Å². The van der Waals surface area contributed by atoms with Crippen LogP contribution in [-0.2, 0) is 65.4 Å². The van der Waals surface area contributed by atoms with Gasteiger partial charge in [-0.3, -0.25) is 37.3 Å². The first-order valence-corrected chi connectivity index (χ1v) is 39.5. The summed E-state index contributed by atoms with van der Waals surface area (Å²) in [6.07, 6.45) is 48.2. The highest BCUT2D eigenvalue weighted by atomic mass is 31.2. The van der Waals surface area contributed by atoms with Gasteiger partial charge in [-0.25, -0.2) is 9.13 Å². The quantitative estimate of drug-likeness (QED) is 0.0222. The van der Waals surface area contributed by atoms with Crippen LogP contribution in [0.15, 0.2) is 0 Å². The summed E-state index contributed by atoms with van der Waals surface area (Å²) in [5.41, 5.74) is 0. The summed E-state index contributed by atoms with van der Waals surface area (Å²) in [5.74, 6) is -0.478. The predicted molar refractivity (Wildman–Crippen MR) is 358 cm³/mol. The van der Waals surface area contributed by atoms with E-state index in [1.165, 1.54) is 167 Å². The Labute approximate surface area is 543 Å². The molecule has 528 valence electrons. The van der Waals surface area contributed by atoms with Crippen molar-refractivity contribution in [2.45, 2.75) is 374 Å². The molecule has 0 heterocycles. The highest BCUT2D eigenvalue weighted by Gasteiger charge is 2.30. The lowest BCUT2D eigenvalue weighted by molar-refractivity contribution is -0.161. The second-order valence-electron chi connectivity index (χ2n) is 26.0. The Hall–Kier alpha value is -1.94. The normalized spacial score (nSPS) is 14.4. The first-order chi connectivity index (χ1) is 42.9. The molecular formula is C70H136O17P2. The van der Waals surface area contributed by atoms with Gasteiger partial charge in [0.1, 0.15) is 19.3 Å². The van der Waals surface area contributed by atoms with Crippen LogP contribution in [0.25, 0.3) is 0 Å². The van der Waals surface area contributed by atoms with Crippen molar-refractivity contribution in [1.82, 2.24) is 0 Å². The minimum atomic E-state index is -4.95. The minimum Gasteiger partial charge on any atom is -0.462 e. The average Bonchev–Trinajstić information content (AvgIpc) is 3.72. The summed E-state index contributed by atoms with van der Waals surface area (Å²) in [6, 6.07) is 0. The van der Waals surface area contributed by atoms with Gasteiger partial charge in [0, 0.05) is 25.7 Å². The maximum atomic E-state index is 13.0. The first-order valence-electron chi connectivity index (χ1n) is 36.5. The van der Waals surface area contributed by atoms with Crippen LogP contribution in [0.2, 0.25) is 0 Å². The molecule has 0 saturated carbocycles. The monoisotopic (exact) mass is 1310 g/mol. The number of ether oxygens (including phenoxy) is 4. The largest absolute Gasteiger partial charge is 0.472 e. The molecule has 3 unspecified atom stereocenters. The fourth-order valence-electron chi connectivity index (χ4n) is 10.6. The average molecular weight is 1310 g/mol. The van der Waals surface area contributed by atoms with Crippen LogP contribution in [0.3, 0.4) is 0 Å². The number of aliphatic hydroxyl groups excluding tert-OH is 1. The fraction of sp³-hybridized carbons (Fsp3) is 0.943. The molecule has 0 amide bonds. The summed E-state index contributed by atoms with van der Waals surface area (Å²) < 4.78 is 67.8. The molecule has 0 aromatic carbocycles. The molecule has 0 rings (SSSR count). The Bertz CT molecular complexity index is 1740.